The summed E-state index contributed by atoms with van der Waals surface area (Å²) in [5.41, 5.74) is 4.10. The summed E-state index contributed by atoms with van der Waals surface area (Å²) in [6, 6.07) is 6.66. The fraction of sp³-hybridized carbons (Fsp3) is 0.350. The molecule has 0 atom stereocenters. The standard InChI is InChI=1S/C20H22FN3O2/c1-5-8-14-11-16(20(25)26-6-2)22-19-18(13(4)23-24(14)19)17-12(3)9-7-10-15(17)21/h7,9-11H,5-6,8H2,1-4H3. The van der Waals surface area contributed by atoms with Crippen molar-refractivity contribution in [2.75, 3.05) is 6.61 Å². The number of carbonyl (C=O) groups excluding carboxylic acids is 1. The van der Waals surface area contributed by atoms with Gasteiger partial charge >= 0.3 is 5.97 Å². The van der Waals surface area contributed by atoms with E-state index in [0.717, 1.165) is 24.1 Å². The third kappa shape index (κ3) is 3.07. The number of halogens is 1. The molecule has 0 spiro atoms. The van der Waals surface area contributed by atoms with E-state index in [1.165, 1.54) is 6.07 Å². The van der Waals surface area contributed by atoms with Crippen LogP contribution in [0.2, 0.25) is 0 Å². The van der Waals surface area contributed by atoms with Crippen LogP contribution in [-0.2, 0) is 11.2 Å². The van der Waals surface area contributed by atoms with Crippen LogP contribution >= 0.6 is 0 Å². The molecule has 136 valence electrons. The van der Waals surface area contributed by atoms with Gasteiger partial charge in [-0.25, -0.2) is 18.7 Å². The Bertz CT molecular complexity index is 959. The average molecular weight is 355 g/mol. The number of fused-ring (bicyclic) bond motifs is 1. The Kier molecular flexibility index (Phi) is 5.02. The lowest BCUT2D eigenvalue weighted by Gasteiger charge is -2.09. The highest BCUT2D eigenvalue weighted by Gasteiger charge is 2.22. The summed E-state index contributed by atoms with van der Waals surface area (Å²) >= 11 is 0. The third-order valence-corrected chi connectivity index (χ3v) is 4.30. The van der Waals surface area contributed by atoms with E-state index in [9.17, 15) is 9.18 Å². The maximum Gasteiger partial charge on any atom is 0.357 e. The number of ether oxygens (including phenoxy) is 1. The van der Waals surface area contributed by atoms with Crippen molar-refractivity contribution in [3.8, 4) is 11.1 Å². The first-order valence-corrected chi connectivity index (χ1v) is 8.79. The van der Waals surface area contributed by atoms with Crippen molar-refractivity contribution in [1.82, 2.24) is 14.6 Å². The van der Waals surface area contributed by atoms with Crippen LogP contribution in [0.25, 0.3) is 16.8 Å². The topological polar surface area (TPSA) is 56.5 Å². The molecule has 1 aromatic carbocycles. The fourth-order valence-corrected chi connectivity index (χ4v) is 3.17. The van der Waals surface area contributed by atoms with Gasteiger partial charge in [-0.3, -0.25) is 0 Å². The van der Waals surface area contributed by atoms with E-state index in [-0.39, 0.29) is 18.1 Å². The van der Waals surface area contributed by atoms with Gasteiger partial charge in [-0.05, 0) is 44.9 Å². The monoisotopic (exact) mass is 355 g/mol. The van der Waals surface area contributed by atoms with Crippen molar-refractivity contribution >= 4 is 11.6 Å². The minimum absolute atomic E-state index is 0.220. The van der Waals surface area contributed by atoms with E-state index in [2.05, 4.69) is 17.0 Å². The zero-order valence-electron chi connectivity index (χ0n) is 15.5. The first kappa shape index (κ1) is 18.0. The number of carbonyl (C=O) groups is 1. The second-order valence-electron chi connectivity index (χ2n) is 6.23. The van der Waals surface area contributed by atoms with Gasteiger partial charge in [-0.2, -0.15) is 5.10 Å². The molecule has 3 aromatic rings. The first-order chi connectivity index (χ1) is 12.5. The van der Waals surface area contributed by atoms with Gasteiger partial charge in [0.25, 0.3) is 0 Å². The highest BCUT2D eigenvalue weighted by atomic mass is 19.1. The highest BCUT2D eigenvalue weighted by Crippen LogP contribution is 2.33. The molecule has 26 heavy (non-hydrogen) atoms. The molecule has 2 aromatic heterocycles. The molecule has 6 heteroatoms. The van der Waals surface area contributed by atoms with Crippen LogP contribution in [0.5, 0.6) is 0 Å². The number of rotatable bonds is 5. The van der Waals surface area contributed by atoms with E-state index in [0.29, 0.717) is 22.5 Å². The van der Waals surface area contributed by atoms with E-state index < -0.39 is 5.97 Å². The lowest BCUT2D eigenvalue weighted by atomic mass is 10.00. The SMILES string of the molecule is CCCc1cc(C(=O)OCC)nc2c(-c3c(C)cccc3F)c(C)nn12. The van der Waals surface area contributed by atoms with E-state index in [1.54, 1.807) is 23.6 Å². The quantitative estimate of drug-likeness (QED) is 0.641. The Labute approximate surface area is 151 Å². The van der Waals surface area contributed by atoms with Gasteiger partial charge < -0.3 is 4.74 Å². The van der Waals surface area contributed by atoms with Gasteiger partial charge in [0.05, 0.1) is 17.9 Å². The van der Waals surface area contributed by atoms with Crippen LogP contribution < -0.4 is 0 Å². The first-order valence-electron chi connectivity index (χ1n) is 8.79. The average Bonchev–Trinajstić information content (AvgIpc) is 2.92. The summed E-state index contributed by atoms with van der Waals surface area (Å²) in [5, 5.41) is 4.57. The highest BCUT2D eigenvalue weighted by molar-refractivity contribution is 5.90. The zero-order chi connectivity index (χ0) is 18.8. The largest absolute Gasteiger partial charge is 0.461 e. The van der Waals surface area contributed by atoms with E-state index in [1.807, 2.05) is 19.9 Å². The predicted octanol–water partition coefficient (Wildman–Crippen LogP) is 4.28. The summed E-state index contributed by atoms with van der Waals surface area (Å²) < 4.78 is 21.4. The summed E-state index contributed by atoms with van der Waals surface area (Å²) in [6.45, 7) is 7.75. The van der Waals surface area contributed by atoms with Gasteiger partial charge in [-0.1, -0.05) is 25.5 Å². The van der Waals surface area contributed by atoms with Crippen LogP contribution in [0.4, 0.5) is 4.39 Å². The van der Waals surface area contributed by atoms with Gasteiger partial charge in [0.1, 0.15) is 5.82 Å². The van der Waals surface area contributed by atoms with Crippen LogP contribution in [0.1, 0.15) is 47.7 Å². The fourth-order valence-electron chi connectivity index (χ4n) is 3.17. The maximum absolute atomic E-state index is 14.6. The van der Waals surface area contributed by atoms with Crippen molar-refractivity contribution in [2.45, 2.75) is 40.5 Å². The number of hydrogen-bond acceptors (Lipinski definition) is 4. The van der Waals surface area contributed by atoms with Gasteiger partial charge in [0.15, 0.2) is 11.3 Å². The van der Waals surface area contributed by atoms with Crippen molar-refractivity contribution < 1.29 is 13.9 Å². The van der Waals surface area contributed by atoms with E-state index >= 15 is 0 Å². The van der Waals surface area contributed by atoms with Crippen molar-refractivity contribution in [3.63, 3.8) is 0 Å². The number of aromatic nitrogens is 3. The molecule has 0 saturated carbocycles. The molecule has 0 aliphatic carbocycles. The van der Waals surface area contributed by atoms with Gasteiger partial charge in [0.2, 0.25) is 0 Å². The normalized spacial score (nSPS) is 11.1. The third-order valence-electron chi connectivity index (χ3n) is 4.30. The molecule has 0 fully saturated rings. The van der Waals surface area contributed by atoms with E-state index in [4.69, 9.17) is 4.74 Å². The Hall–Kier alpha value is -2.76. The molecule has 0 saturated heterocycles. The molecule has 0 amide bonds. The molecule has 0 bridgehead atoms. The summed E-state index contributed by atoms with van der Waals surface area (Å²) in [6.07, 6.45) is 1.61. The molecule has 0 unspecified atom stereocenters. The molecule has 2 heterocycles. The number of esters is 1. The Balaban J connectivity index is 2.34. The molecule has 5 nitrogen and oxygen atoms in total. The number of hydrogen-bond donors (Lipinski definition) is 0. The maximum atomic E-state index is 14.6. The number of aryl methyl sites for hydroxylation is 3. The molecule has 0 N–H and O–H groups in total. The Morgan fingerprint density at radius 1 is 1.23 bits per heavy atom. The van der Waals surface area contributed by atoms with Gasteiger partial charge in [-0.15, -0.1) is 0 Å². The van der Waals surface area contributed by atoms with Crippen LogP contribution in [0.3, 0.4) is 0 Å². The lowest BCUT2D eigenvalue weighted by Crippen LogP contribution is -2.11. The molecule has 3 rings (SSSR count). The molecular weight excluding hydrogens is 333 g/mol. The van der Waals surface area contributed by atoms with Crippen LogP contribution in [-0.4, -0.2) is 27.2 Å². The van der Waals surface area contributed by atoms with Crippen LogP contribution in [0, 0.1) is 19.7 Å². The summed E-state index contributed by atoms with van der Waals surface area (Å²) in [5.74, 6) is -0.814. The minimum atomic E-state index is -0.484. The molecule has 0 aliphatic heterocycles. The number of nitrogens with zero attached hydrogens (tertiary/aromatic N) is 3. The molecule has 0 radical (unpaired) electrons. The minimum Gasteiger partial charge on any atom is -0.461 e. The Morgan fingerprint density at radius 3 is 2.65 bits per heavy atom. The second-order valence-corrected chi connectivity index (χ2v) is 6.23. The molecule has 0 aliphatic rings. The lowest BCUT2D eigenvalue weighted by molar-refractivity contribution is 0.0519. The van der Waals surface area contributed by atoms with Gasteiger partial charge in [0, 0.05) is 11.3 Å². The second kappa shape index (κ2) is 7.23. The predicted molar refractivity (Wildman–Crippen MR) is 97.8 cm³/mol. The van der Waals surface area contributed by atoms with Crippen molar-refractivity contribution in [1.29, 1.82) is 0 Å². The Morgan fingerprint density at radius 2 is 2.00 bits per heavy atom. The summed E-state index contributed by atoms with van der Waals surface area (Å²) in [4.78, 5) is 16.7. The molecular formula is C20H22FN3O2. The zero-order valence-corrected chi connectivity index (χ0v) is 15.5. The van der Waals surface area contributed by atoms with Crippen molar-refractivity contribution in [3.05, 3.63) is 52.7 Å². The van der Waals surface area contributed by atoms with Crippen LogP contribution in [0.15, 0.2) is 24.3 Å². The van der Waals surface area contributed by atoms with Crippen molar-refractivity contribution in [2.24, 2.45) is 0 Å². The summed E-state index contributed by atoms with van der Waals surface area (Å²) in [7, 11) is 0. The number of benzene rings is 1. The smallest absolute Gasteiger partial charge is 0.357 e.